The van der Waals surface area contributed by atoms with E-state index in [1.54, 1.807) is 19.2 Å². The summed E-state index contributed by atoms with van der Waals surface area (Å²) in [4.78, 5) is 24.1. The lowest BCUT2D eigenvalue weighted by molar-refractivity contribution is -0.120. The van der Waals surface area contributed by atoms with E-state index in [9.17, 15) is 9.59 Å². The topological polar surface area (TPSA) is 80.6 Å². The number of benzene rings is 2. The van der Waals surface area contributed by atoms with Crippen molar-refractivity contribution >= 4 is 22.8 Å². The standard InChI is InChI=1S/C19H18N2O4/c1-24-14-8-6-13(7-9-14)10-20-18(22)11-21-19(23)16-12-25-17-5-3-2-4-15(16)17/h2-9,12H,10-11H2,1H3,(H,20,22)(H,21,23). The van der Waals surface area contributed by atoms with Crippen molar-refractivity contribution in [3.63, 3.8) is 0 Å². The number of methoxy groups -OCH3 is 1. The highest BCUT2D eigenvalue weighted by atomic mass is 16.5. The number of fused-ring (bicyclic) bond motifs is 1. The zero-order chi connectivity index (χ0) is 17.6. The second-order valence-electron chi connectivity index (χ2n) is 5.45. The maximum absolute atomic E-state index is 12.2. The zero-order valence-corrected chi connectivity index (χ0v) is 13.7. The van der Waals surface area contributed by atoms with Gasteiger partial charge in [0.1, 0.15) is 17.6 Å². The molecule has 2 N–H and O–H groups in total. The van der Waals surface area contributed by atoms with E-state index in [4.69, 9.17) is 9.15 Å². The van der Waals surface area contributed by atoms with Crippen LogP contribution in [0.1, 0.15) is 15.9 Å². The summed E-state index contributed by atoms with van der Waals surface area (Å²) in [5.74, 6) is 0.149. The van der Waals surface area contributed by atoms with E-state index in [0.717, 1.165) is 16.7 Å². The van der Waals surface area contributed by atoms with Gasteiger partial charge in [0.2, 0.25) is 5.91 Å². The second-order valence-corrected chi connectivity index (χ2v) is 5.45. The predicted octanol–water partition coefficient (Wildman–Crippen LogP) is 2.49. The molecule has 1 heterocycles. The molecule has 0 bridgehead atoms. The molecule has 6 nitrogen and oxygen atoms in total. The molecule has 0 aliphatic heterocycles. The molecule has 0 aliphatic rings. The fraction of sp³-hybridized carbons (Fsp3) is 0.158. The lowest BCUT2D eigenvalue weighted by atomic mass is 10.1. The van der Waals surface area contributed by atoms with Gasteiger partial charge < -0.3 is 19.8 Å². The van der Waals surface area contributed by atoms with Crippen molar-refractivity contribution in [1.29, 1.82) is 0 Å². The minimum absolute atomic E-state index is 0.103. The molecule has 6 heteroatoms. The van der Waals surface area contributed by atoms with Gasteiger partial charge in [-0.05, 0) is 23.8 Å². The normalized spacial score (nSPS) is 10.4. The number of para-hydroxylation sites is 1. The first kappa shape index (κ1) is 16.6. The molecular weight excluding hydrogens is 320 g/mol. The molecule has 0 aliphatic carbocycles. The van der Waals surface area contributed by atoms with Crippen LogP contribution in [0.2, 0.25) is 0 Å². The van der Waals surface area contributed by atoms with Gasteiger partial charge in [-0.2, -0.15) is 0 Å². The van der Waals surface area contributed by atoms with Crippen LogP contribution in [0.4, 0.5) is 0 Å². The Labute approximate surface area is 144 Å². The second kappa shape index (κ2) is 7.53. The number of carbonyl (C=O) groups is 2. The predicted molar refractivity (Wildman–Crippen MR) is 93.4 cm³/mol. The average Bonchev–Trinajstić information content (AvgIpc) is 3.09. The van der Waals surface area contributed by atoms with Crippen LogP contribution in [0.5, 0.6) is 5.75 Å². The Bertz CT molecular complexity index is 884. The van der Waals surface area contributed by atoms with Crippen LogP contribution in [-0.2, 0) is 11.3 Å². The Morgan fingerprint density at radius 1 is 1.04 bits per heavy atom. The van der Waals surface area contributed by atoms with Crippen molar-refractivity contribution in [2.45, 2.75) is 6.54 Å². The molecule has 128 valence electrons. The molecule has 25 heavy (non-hydrogen) atoms. The van der Waals surface area contributed by atoms with Crippen molar-refractivity contribution in [2.75, 3.05) is 13.7 Å². The molecule has 0 atom stereocenters. The summed E-state index contributed by atoms with van der Waals surface area (Å²) in [5, 5.41) is 6.08. The van der Waals surface area contributed by atoms with Crippen molar-refractivity contribution in [1.82, 2.24) is 10.6 Å². The van der Waals surface area contributed by atoms with Gasteiger partial charge >= 0.3 is 0 Å². The Morgan fingerprint density at radius 3 is 2.56 bits per heavy atom. The zero-order valence-electron chi connectivity index (χ0n) is 13.7. The monoisotopic (exact) mass is 338 g/mol. The number of nitrogens with one attached hydrogen (secondary N) is 2. The fourth-order valence-electron chi connectivity index (χ4n) is 2.42. The Kier molecular flexibility index (Phi) is 4.99. The van der Waals surface area contributed by atoms with E-state index in [2.05, 4.69) is 10.6 Å². The highest BCUT2D eigenvalue weighted by Gasteiger charge is 2.14. The van der Waals surface area contributed by atoms with Gasteiger partial charge in [-0.15, -0.1) is 0 Å². The molecule has 0 saturated carbocycles. The molecule has 0 saturated heterocycles. The van der Waals surface area contributed by atoms with Crippen LogP contribution < -0.4 is 15.4 Å². The van der Waals surface area contributed by atoms with Gasteiger partial charge in [0, 0.05) is 11.9 Å². The van der Waals surface area contributed by atoms with Crippen molar-refractivity contribution in [3.8, 4) is 5.75 Å². The van der Waals surface area contributed by atoms with Gasteiger partial charge in [-0.25, -0.2) is 0 Å². The highest BCUT2D eigenvalue weighted by molar-refractivity contribution is 6.06. The molecule has 1 aromatic heterocycles. The molecule has 0 unspecified atom stereocenters. The van der Waals surface area contributed by atoms with E-state index in [-0.39, 0.29) is 18.4 Å². The number of hydrogen-bond donors (Lipinski definition) is 2. The number of hydrogen-bond acceptors (Lipinski definition) is 4. The molecule has 3 rings (SSSR count). The van der Waals surface area contributed by atoms with Gasteiger partial charge in [0.05, 0.1) is 19.2 Å². The minimum Gasteiger partial charge on any atom is -0.497 e. The van der Waals surface area contributed by atoms with E-state index in [1.807, 2.05) is 36.4 Å². The van der Waals surface area contributed by atoms with Crippen molar-refractivity contribution in [3.05, 3.63) is 65.9 Å². The first-order valence-electron chi connectivity index (χ1n) is 7.81. The summed E-state index contributed by atoms with van der Waals surface area (Å²) < 4.78 is 10.4. The SMILES string of the molecule is COc1ccc(CNC(=O)CNC(=O)c2coc3ccccc23)cc1. The molecule has 0 spiro atoms. The lowest BCUT2D eigenvalue weighted by Gasteiger charge is -2.07. The number of carbonyl (C=O) groups excluding carboxylic acids is 2. The Morgan fingerprint density at radius 2 is 1.80 bits per heavy atom. The number of furan rings is 1. The maximum Gasteiger partial charge on any atom is 0.255 e. The molecule has 2 amide bonds. The van der Waals surface area contributed by atoms with Crippen LogP contribution >= 0.6 is 0 Å². The first-order valence-corrected chi connectivity index (χ1v) is 7.81. The first-order chi connectivity index (χ1) is 12.2. The largest absolute Gasteiger partial charge is 0.497 e. The Hall–Kier alpha value is -3.28. The summed E-state index contributed by atoms with van der Waals surface area (Å²) >= 11 is 0. The van der Waals surface area contributed by atoms with Crippen molar-refractivity contribution < 1.29 is 18.7 Å². The summed E-state index contributed by atoms with van der Waals surface area (Å²) in [5.41, 5.74) is 2.00. The average molecular weight is 338 g/mol. The number of rotatable bonds is 6. The third-order valence-electron chi connectivity index (χ3n) is 3.78. The lowest BCUT2D eigenvalue weighted by Crippen LogP contribution is -2.36. The van der Waals surface area contributed by atoms with Crippen molar-refractivity contribution in [2.24, 2.45) is 0 Å². The smallest absolute Gasteiger partial charge is 0.255 e. The van der Waals surface area contributed by atoms with E-state index in [0.29, 0.717) is 17.7 Å². The van der Waals surface area contributed by atoms with Gasteiger partial charge in [0.25, 0.3) is 5.91 Å². The fourth-order valence-corrected chi connectivity index (χ4v) is 2.42. The van der Waals surface area contributed by atoms with Crippen LogP contribution in [0.25, 0.3) is 11.0 Å². The van der Waals surface area contributed by atoms with Crippen LogP contribution in [0.15, 0.2) is 59.2 Å². The molecule has 0 fully saturated rings. The quantitative estimate of drug-likeness (QED) is 0.724. The molecular formula is C19H18N2O4. The van der Waals surface area contributed by atoms with Gasteiger partial charge in [-0.3, -0.25) is 9.59 Å². The Balaban J connectivity index is 1.50. The summed E-state index contributed by atoms with van der Waals surface area (Å²) in [6, 6.07) is 14.6. The van der Waals surface area contributed by atoms with E-state index < -0.39 is 0 Å². The summed E-state index contributed by atoms with van der Waals surface area (Å²) in [7, 11) is 1.60. The molecule has 2 aromatic carbocycles. The summed E-state index contributed by atoms with van der Waals surface area (Å²) in [6.45, 7) is 0.280. The maximum atomic E-state index is 12.2. The number of amides is 2. The summed E-state index contributed by atoms with van der Waals surface area (Å²) in [6.07, 6.45) is 1.40. The highest BCUT2D eigenvalue weighted by Crippen LogP contribution is 2.20. The van der Waals surface area contributed by atoms with Crippen LogP contribution in [0.3, 0.4) is 0 Å². The molecule has 0 radical (unpaired) electrons. The molecule has 3 aromatic rings. The van der Waals surface area contributed by atoms with Crippen LogP contribution in [-0.4, -0.2) is 25.5 Å². The van der Waals surface area contributed by atoms with Crippen LogP contribution in [0, 0.1) is 0 Å². The number of ether oxygens (including phenoxy) is 1. The van der Waals surface area contributed by atoms with E-state index >= 15 is 0 Å². The van der Waals surface area contributed by atoms with Gasteiger partial charge in [0.15, 0.2) is 0 Å². The third kappa shape index (κ3) is 3.98. The third-order valence-corrected chi connectivity index (χ3v) is 3.78. The minimum atomic E-state index is -0.343. The van der Waals surface area contributed by atoms with Gasteiger partial charge in [-0.1, -0.05) is 30.3 Å². The van der Waals surface area contributed by atoms with E-state index in [1.165, 1.54) is 6.26 Å².